The first-order valence-corrected chi connectivity index (χ1v) is 1.91. The Kier molecular flexibility index (Phi) is 6.52. The quantitative estimate of drug-likeness (QED) is 0.406. The Morgan fingerprint density at radius 1 is 1.12 bits per heavy atom. The molecule has 0 aromatic rings. The third kappa shape index (κ3) is 9.22. The molecular weight excluding hydrogens is 101 g/mol. The third-order valence-electron chi connectivity index (χ3n) is 0.352. The minimum atomic E-state index is -0.312. The van der Waals surface area contributed by atoms with Crippen molar-refractivity contribution in [3.05, 3.63) is 0 Å². The number of imide groups is 1. The van der Waals surface area contributed by atoms with Crippen molar-refractivity contribution in [2.24, 2.45) is 0 Å². The first-order chi connectivity index (χ1) is 3.13. The van der Waals surface area contributed by atoms with Crippen LogP contribution >= 0.6 is 0 Å². The van der Waals surface area contributed by atoms with Gasteiger partial charge in [-0.15, -0.1) is 0 Å². The average Bonchev–Trinajstić information content (AvgIpc) is 1.27. The van der Waals surface area contributed by atoms with Crippen molar-refractivity contribution in [3.8, 4) is 0 Å². The maximum atomic E-state index is 9.92. The zero-order chi connectivity index (χ0) is 5.86. The number of hydrogen-bond acceptors (Lipinski definition) is 2. The van der Waals surface area contributed by atoms with E-state index in [2.05, 4.69) is 0 Å². The Labute approximate surface area is 60.0 Å². The van der Waals surface area contributed by atoms with Crippen molar-refractivity contribution in [2.75, 3.05) is 0 Å². The monoisotopic (exact) mass is 109 g/mol. The second-order valence-corrected chi connectivity index (χ2v) is 1.24. The van der Waals surface area contributed by atoms with Gasteiger partial charge in [0.05, 0.1) is 0 Å². The van der Waals surface area contributed by atoms with Crippen molar-refractivity contribution >= 4 is 30.7 Å². The van der Waals surface area contributed by atoms with Crippen LogP contribution in [0.5, 0.6) is 0 Å². The fraction of sp³-hybridized carbons (Fsp3) is 0.500. The Morgan fingerprint density at radius 2 is 1.38 bits per heavy atom. The summed E-state index contributed by atoms with van der Waals surface area (Å²) < 4.78 is 0. The SMILES string of the molecule is CC(=O)NC(C)=O.[LiH]. The van der Waals surface area contributed by atoms with E-state index < -0.39 is 0 Å². The van der Waals surface area contributed by atoms with Gasteiger partial charge in [0.2, 0.25) is 11.8 Å². The van der Waals surface area contributed by atoms with Crippen LogP contribution in [0.25, 0.3) is 0 Å². The average molecular weight is 109 g/mol. The molecule has 1 N–H and O–H groups in total. The standard InChI is InChI=1S/C4H7NO2.Li.H/c1-3(6)5-4(2)7;;/h1-2H3,(H,5,6,7);;. The summed E-state index contributed by atoms with van der Waals surface area (Å²) >= 11 is 0. The molecule has 3 nitrogen and oxygen atoms in total. The number of hydrogen-bond donors (Lipinski definition) is 1. The molecule has 0 aromatic heterocycles. The molecule has 0 fully saturated rings. The first-order valence-electron chi connectivity index (χ1n) is 1.91. The number of carbonyl (C=O) groups is 2. The van der Waals surface area contributed by atoms with Gasteiger partial charge in [-0.05, 0) is 0 Å². The first kappa shape index (κ1) is 10.7. The van der Waals surface area contributed by atoms with E-state index in [0.717, 1.165) is 0 Å². The van der Waals surface area contributed by atoms with Gasteiger partial charge in [0.1, 0.15) is 0 Å². The number of rotatable bonds is 0. The second-order valence-electron chi connectivity index (χ2n) is 1.24. The van der Waals surface area contributed by atoms with E-state index in [4.69, 9.17) is 0 Å². The summed E-state index contributed by atoms with van der Waals surface area (Å²) in [6, 6.07) is 0. The molecule has 0 aliphatic carbocycles. The molecular formula is C4H8LiNO2. The molecule has 42 valence electrons. The van der Waals surface area contributed by atoms with E-state index in [1.165, 1.54) is 13.8 Å². The van der Waals surface area contributed by atoms with E-state index in [1.807, 2.05) is 5.32 Å². The van der Waals surface area contributed by atoms with Crippen LogP contribution in [-0.2, 0) is 9.59 Å². The van der Waals surface area contributed by atoms with Crippen LogP contribution in [0.2, 0.25) is 0 Å². The molecule has 0 aliphatic heterocycles. The zero-order valence-corrected chi connectivity index (χ0v) is 4.32. The van der Waals surface area contributed by atoms with Crippen molar-refractivity contribution in [3.63, 3.8) is 0 Å². The van der Waals surface area contributed by atoms with Crippen LogP contribution in [0, 0.1) is 0 Å². The molecule has 0 aliphatic rings. The topological polar surface area (TPSA) is 46.2 Å². The maximum absolute atomic E-state index is 9.92. The van der Waals surface area contributed by atoms with Crippen molar-refractivity contribution in [1.29, 1.82) is 0 Å². The molecule has 0 atom stereocenters. The summed E-state index contributed by atoms with van der Waals surface area (Å²) in [4.78, 5) is 19.8. The summed E-state index contributed by atoms with van der Waals surface area (Å²) in [7, 11) is 0. The molecule has 0 unspecified atom stereocenters. The Morgan fingerprint density at radius 3 is 1.38 bits per heavy atom. The molecule has 4 heteroatoms. The van der Waals surface area contributed by atoms with E-state index in [0.29, 0.717) is 0 Å². The molecule has 0 aromatic carbocycles. The van der Waals surface area contributed by atoms with Crippen LogP contribution in [0.15, 0.2) is 0 Å². The van der Waals surface area contributed by atoms with Gasteiger partial charge < -0.3 is 0 Å². The van der Waals surface area contributed by atoms with Gasteiger partial charge >= 0.3 is 18.9 Å². The second kappa shape index (κ2) is 4.89. The van der Waals surface area contributed by atoms with Crippen molar-refractivity contribution in [1.82, 2.24) is 5.32 Å². The van der Waals surface area contributed by atoms with Gasteiger partial charge in [-0.2, -0.15) is 0 Å². The van der Waals surface area contributed by atoms with Gasteiger partial charge in [-0.25, -0.2) is 0 Å². The fourth-order valence-electron chi connectivity index (χ4n) is 0.248. The summed E-state index contributed by atoms with van der Waals surface area (Å²) in [6.07, 6.45) is 0. The summed E-state index contributed by atoms with van der Waals surface area (Å²) in [5.41, 5.74) is 0. The van der Waals surface area contributed by atoms with Gasteiger partial charge in [0, 0.05) is 13.8 Å². The summed E-state index contributed by atoms with van der Waals surface area (Å²) in [5.74, 6) is -0.625. The van der Waals surface area contributed by atoms with Crippen molar-refractivity contribution in [2.45, 2.75) is 13.8 Å². The van der Waals surface area contributed by atoms with Gasteiger partial charge in [0.15, 0.2) is 0 Å². The summed E-state index contributed by atoms with van der Waals surface area (Å²) in [6.45, 7) is 2.59. The van der Waals surface area contributed by atoms with Crippen LogP contribution in [0.4, 0.5) is 0 Å². The Hall–Kier alpha value is -0.263. The molecule has 0 bridgehead atoms. The van der Waals surface area contributed by atoms with Gasteiger partial charge in [-0.1, -0.05) is 0 Å². The number of amides is 2. The van der Waals surface area contributed by atoms with Crippen LogP contribution in [0.1, 0.15) is 13.8 Å². The van der Waals surface area contributed by atoms with Crippen molar-refractivity contribution < 1.29 is 9.59 Å². The van der Waals surface area contributed by atoms with E-state index in [-0.39, 0.29) is 30.7 Å². The molecule has 0 heterocycles. The normalized spacial score (nSPS) is 6.75. The zero-order valence-electron chi connectivity index (χ0n) is 4.32. The molecule has 8 heavy (non-hydrogen) atoms. The Bertz CT molecular complexity index is 90.2. The predicted molar refractivity (Wildman–Crippen MR) is 31.6 cm³/mol. The van der Waals surface area contributed by atoms with E-state index in [1.54, 1.807) is 0 Å². The molecule has 2 amide bonds. The van der Waals surface area contributed by atoms with Gasteiger partial charge in [0.25, 0.3) is 0 Å². The number of nitrogens with one attached hydrogen (secondary N) is 1. The molecule has 0 radical (unpaired) electrons. The minimum absolute atomic E-state index is 0. The molecule has 0 spiro atoms. The summed E-state index contributed by atoms with van der Waals surface area (Å²) in [5, 5.41) is 2.03. The van der Waals surface area contributed by atoms with Crippen LogP contribution in [0.3, 0.4) is 0 Å². The fourth-order valence-corrected chi connectivity index (χ4v) is 0.248. The van der Waals surface area contributed by atoms with Gasteiger partial charge in [-0.3, -0.25) is 14.9 Å². The molecule has 0 rings (SSSR count). The molecule has 0 saturated heterocycles. The Balaban J connectivity index is 0. The van der Waals surface area contributed by atoms with Crippen LogP contribution in [-0.4, -0.2) is 30.7 Å². The van der Waals surface area contributed by atoms with E-state index >= 15 is 0 Å². The third-order valence-corrected chi connectivity index (χ3v) is 0.352. The molecule has 0 saturated carbocycles. The van der Waals surface area contributed by atoms with Crippen LogP contribution < -0.4 is 5.32 Å². The predicted octanol–water partition coefficient (Wildman–Crippen LogP) is -0.980. The number of carbonyl (C=O) groups excluding carboxylic acids is 2. The van der Waals surface area contributed by atoms with E-state index in [9.17, 15) is 9.59 Å².